The summed E-state index contributed by atoms with van der Waals surface area (Å²) in [5, 5.41) is 0. The molecule has 0 N–H and O–H groups in total. The molecule has 1 saturated carbocycles. The van der Waals surface area contributed by atoms with Crippen LogP contribution in [0.25, 0.3) is 17.2 Å². The maximum atomic E-state index is 5.99. The standard InChI is InChI=1S/C31H42O/c1-4-7-10-11-25-13-15-26(16-14-25)27-17-19-29(20-18-27)31-24-30(32-23-9-6-3)22-21-28(31)12-8-5-2/h5,8,12,17-22,24-26H,2,4,6-7,9-11,13-16,23H2,1,3H3. The maximum absolute atomic E-state index is 5.99. The van der Waals surface area contributed by atoms with Gasteiger partial charge in [0.05, 0.1) is 6.61 Å². The van der Waals surface area contributed by atoms with E-state index in [2.05, 4.69) is 69.0 Å². The fraction of sp³-hybridized carbons (Fsp3) is 0.484. The van der Waals surface area contributed by atoms with Gasteiger partial charge in [-0.1, -0.05) is 101 Å². The predicted octanol–water partition coefficient (Wildman–Crippen LogP) is 9.59. The zero-order valence-corrected chi connectivity index (χ0v) is 20.3. The maximum Gasteiger partial charge on any atom is 0.119 e. The highest BCUT2D eigenvalue weighted by atomic mass is 16.5. The van der Waals surface area contributed by atoms with Crippen molar-refractivity contribution in [1.29, 1.82) is 0 Å². The van der Waals surface area contributed by atoms with E-state index in [-0.39, 0.29) is 0 Å². The highest BCUT2D eigenvalue weighted by Crippen LogP contribution is 2.38. The lowest BCUT2D eigenvalue weighted by molar-refractivity contribution is 0.303. The number of allylic oxidation sites excluding steroid dienone is 2. The van der Waals surface area contributed by atoms with Crippen molar-refractivity contribution in [3.63, 3.8) is 0 Å². The van der Waals surface area contributed by atoms with Gasteiger partial charge in [0.25, 0.3) is 0 Å². The SMILES string of the molecule is C=CC=Cc1ccc(OCCCC)cc1-c1ccc(C2CCC(CCCCC)CC2)cc1. The van der Waals surface area contributed by atoms with Gasteiger partial charge in [0.2, 0.25) is 0 Å². The molecule has 1 fully saturated rings. The van der Waals surface area contributed by atoms with E-state index in [0.29, 0.717) is 0 Å². The molecule has 0 radical (unpaired) electrons. The Kier molecular flexibility index (Phi) is 10.1. The third-order valence-corrected chi connectivity index (χ3v) is 6.96. The number of rotatable bonds is 12. The molecule has 1 heteroatoms. The number of ether oxygens (including phenoxy) is 1. The van der Waals surface area contributed by atoms with Crippen LogP contribution in [0.5, 0.6) is 5.75 Å². The normalized spacial score (nSPS) is 18.7. The average molecular weight is 431 g/mol. The van der Waals surface area contributed by atoms with E-state index in [9.17, 15) is 0 Å². The van der Waals surface area contributed by atoms with Gasteiger partial charge in [-0.25, -0.2) is 0 Å². The van der Waals surface area contributed by atoms with Crippen LogP contribution in [-0.4, -0.2) is 6.61 Å². The Morgan fingerprint density at radius 3 is 2.34 bits per heavy atom. The lowest BCUT2D eigenvalue weighted by Gasteiger charge is -2.29. The molecule has 1 nitrogen and oxygen atoms in total. The second-order valence-corrected chi connectivity index (χ2v) is 9.38. The van der Waals surface area contributed by atoms with Crippen LogP contribution in [-0.2, 0) is 0 Å². The van der Waals surface area contributed by atoms with E-state index in [0.717, 1.165) is 37.0 Å². The molecule has 0 amide bonds. The zero-order chi connectivity index (χ0) is 22.6. The molecule has 172 valence electrons. The van der Waals surface area contributed by atoms with Crippen molar-refractivity contribution in [3.05, 3.63) is 72.3 Å². The van der Waals surface area contributed by atoms with Gasteiger partial charge in [0, 0.05) is 0 Å². The summed E-state index contributed by atoms with van der Waals surface area (Å²) in [6.07, 6.45) is 19.3. The first kappa shape index (κ1) is 24.4. The third-order valence-electron chi connectivity index (χ3n) is 6.96. The zero-order valence-electron chi connectivity index (χ0n) is 20.3. The van der Waals surface area contributed by atoms with E-state index in [1.165, 1.54) is 73.6 Å². The summed E-state index contributed by atoms with van der Waals surface area (Å²) < 4.78 is 5.99. The molecule has 0 heterocycles. The Hall–Kier alpha value is -2.28. The van der Waals surface area contributed by atoms with Crippen molar-refractivity contribution in [1.82, 2.24) is 0 Å². The van der Waals surface area contributed by atoms with Gasteiger partial charge in [-0.15, -0.1) is 0 Å². The summed E-state index contributed by atoms with van der Waals surface area (Å²) >= 11 is 0. The molecule has 0 spiro atoms. The van der Waals surface area contributed by atoms with E-state index < -0.39 is 0 Å². The fourth-order valence-electron chi connectivity index (χ4n) is 4.93. The van der Waals surface area contributed by atoms with Gasteiger partial charge < -0.3 is 4.74 Å². The third kappa shape index (κ3) is 7.12. The van der Waals surface area contributed by atoms with E-state index in [4.69, 9.17) is 4.74 Å². The van der Waals surface area contributed by atoms with Gasteiger partial charge in [-0.05, 0) is 78.3 Å². The first-order chi connectivity index (χ1) is 15.7. The van der Waals surface area contributed by atoms with Crippen molar-refractivity contribution in [2.45, 2.75) is 84.0 Å². The van der Waals surface area contributed by atoms with Gasteiger partial charge in [-0.2, -0.15) is 0 Å². The fourth-order valence-corrected chi connectivity index (χ4v) is 4.93. The molecule has 0 bridgehead atoms. The minimum Gasteiger partial charge on any atom is -0.494 e. The molecule has 3 rings (SSSR count). The van der Waals surface area contributed by atoms with Crippen molar-refractivity contribution in [2.75, 3.05) is 6.61 Å². The number of hydrogen-bond acceptors (Lipinski definition) is 1. The molecule has 0 unspecified atom stereocenters. The largest absolute Gasteiger partial charge is 0.494 e. The summed E-state index contributed by atoms with van der Waals surface area (Å²) in [7, 11) is 0. The van der Waals surface area contributed by atoms with Crippen LogP contribution < -0.4 is 4.74 Å². The summed E-state index contributed by atoms with van der Waals surface area (Å²) in [4.78, 5) is 0. The van der Waals surface area contributed by atoms with Gasteiger partial charge in [0.1, 0.15) is 5.75 Å². The Bertz CT molecular complexity index is 837. The van der Waals surface area contributed by atoms with Crippen molar-refractivity contribution in [3.8, 4) is 16.9 Å². The average Bonchev–Trinajstić information content (AvgIpc) is 2.84. The van der Waals surface area contributed by atoms with Crippen molar-refractivity contribution in [2.24, 2.45) is 5.92 Å². The van der Waals surface area contributed by atoms with Gasteiger partial charge >= 0.3 is 0 Å². The number of benzene rings is 2. The van der Waals surface area contributed by atoms with Crippen molar-refractivity contribution >= 4 is 6.08 Å². The van der Waals surface area contributed by atoms with Gasteiger partial charge in [-0.3, -0.25) is 0 Å². The monoisotopic (exact) mass is 430 g/mol. The van der Waals surface area contributed by atoms with Crippen LogP contribution in [0.2, 0.25) is 0 Å². The van der Waals surface area contributed by atoms with Crippen LogP contribution in [0.1, 0.15) is 95.1 Å². The molecule has 0 atom stereocenters. The van der Waals surface area contributed by atoms with E-state index in [1.807, 2.05) is 12.2 Å². The quantitative estimate of drug-likeness (QED) is 0.240. The molecular weight excluding hydrogens is 388 g/mol. The molecule has 2 aromatic rings. The van der Waals surface area contributed by atoms with Crippen LogP contribution in [0, 0.1) is 5.92 Å². The summed E-state index contributed by atoms with van der Waals surface area (Å²) in [5.74, 6) is 2.65. The van der Waals surface area contributed by atoms with E-state index >= 15 is 0 Å². The Morgan fingerprint density at radius 2 is 1.66 bits per heavy atom. The Morgan fingerprint density at radius 1 is 0.906 bits per heavy atom. The van der Waals surface area contributed by atoms with Gasteiger partial charge in [0.15, 0.2) is 0 Å². The molecule has 0 aromatic heterocycles. The highest BCUT2D eigenvalue weighted by Gasteiger charge is 2.22. The lowest BCUT2D eigenvalue weighted by atomic mass is 9.77. The minimum absolute atomic E-state index is 0.732. The molecule has 1 aliphatic carbocycles. The summed E-state index contributed by atoms with van der Waals surface area (Å²) in [6, 6.07) is 15.8. The molecule has 0 saturated heterocycles. The Labute approximate surface area is 196 Å². The molecule has 1 aliphatic rings. The molecule has 32 heavy (non-hydrogen) atoms. The van der Waals surface area contributed by atoms with Crippen LogP contribution in [0.15, 0.2) is 61.2 Å². The van der Waals surface area contributed by atoms with Crippen molar-refractivity contribution < 1.29 is 4.74 Å². The number of hydrogen-bond donors (Lipinski definition) is 0. The van der Waals surface area contributed by atoms with Crippen LogP contribution in [0.3, 0.4) is 0 Å². The second kappa shape index (κ2) is 13.3. The lowest BCUT2D eigenvalue weighted by Crippen LogP contribution is -2.13. The van der Waals surface area contributed by atoms with E-state index in [1.54, 1.807) is 0 Å². The van der Waals surface area contributed by atoms with Crippen LogP contribution >= 0.6 is 0 Å². The topological polar surface area (TPSA) is 9.23 Å². The smallest absolute Gasteiger partial charge is 0.119 e. The first-order valence-electron chi connectivity index (χ1n) is 12.9. The predicted molar refractivity (Wildman–Crippen MR) is 140 cm³/mol. The highest BCUT2D eigenvalue weighted by molar-refractivity contribution is 5.77. The molecule has 2 aromatic carbocycles. The summed E-state index contributed by atoms with van der Waals surface area (Å²) in [6.45, 7) is 9.09. The molecule has 0 aliphatic heterocycles. The minimum atomic E-state index is 0.732. The van der Waals surface area contributed by atoms with Crippen LogP contribution in [0.4, 0.5) is 0 Å². The first-order valence-corrected chi connectivity index (χ1v) is 12.9. The number of unbranched alkanes of at least 4 members (excludes halogenated alkanes) is 3. The summed E-state index contributed by atoms with van der Waals surface area (Å²) in [5.41, 5.74) is 5.20. The molecular formula is C31H42O. The second-order valence-electron chi connectivity index (χ2n) is 9.38. The Balaban J connectivity index is 1.69.